The molecule has 2 atom stereocenters. The Hall–Kier alpha value is 1.17. The van der Waals surface area contributed by atoms with Gasteiger partial charge in [0, 0.05) is 26.9 Å². The molecule has 0 aliphatic carbocycles. The second-order valence-electron chi connectivity index (χ2n) is 7.49. The summed E-state index contributed by atoms with van der Waals surface area (Å²) in [6.45, 7) is 15.2. The highest BCUT2D eigenvalue weighted by Crippen LogP contribution is 2.36. The van der Waals surface area contributed by atoms with Crippen LogP contribution in [0.4, 0.5) is 0 Å². The molecular formula is C16H40O3P2Si2. The smallest absolute Gasteiger partial charge is 0.377 e. The van der Waals surface area contributed by atoms with E-state index in [0.717, 1.165) is 39.3 Å². The van der Waals surface area contributed by atoms with Gasteiger partial charge in [-0.15, -0.1) is 16.1 Å². The summed E-state index contributed by atoms with van der Waals surface area (Å²) >= 11 is 0. The maximum atomic E-state index is 6.15. The Kier molecular flexibility index (Phi) is 13.2. The first kappa shape index (κ1) is 24.2. The normalized spacial score (nSPS) is 15.0. The van der Waals surface area contributed by atoms with Gasteiger partial charge < -0.3 is 13.3 Å². The van der Waals surface area contributed by atoms with Crippen LogP contribution in [0, 0.1) is 0 Å². The first-order chi connectivity index (χ1) is 10.7. The van der Waals surface area contributed by atoms with E-state index in [2.05, 4.69) is 39.9 Å². The Morgan fingerprint density at radius 2 is 1.65 bits per heavy atom. The van der Waals surface area contributed by atoms with E-state index in [1.54, 1.807) is 14.2 Å². The average molecular weight is 399 g/mol. The van der Waals surface area contributed by atoms with E-state index in [9.17, 15) is 0 Å². The molecule has 0 radical (unpaired) electrons. The predicted octanol–water partition coefficient (Wildman–Crippen LogP) is 5.44. The molecule has 0 saturated carbocycles. The molecular weight excluding hydrogens is 358 g/mol. The molecule has 0 aliphatic heterocycles. The number of hydrogen-bond donors (Lipinski definition) is 0. The molecule has 7 heteroatoms. The Balaban J connectivity index is 4.21. The lowest BCUT2D eigenvalue weighted by Gasteiger charge is -2.28. The molecule has 0 heterocycles. The van der Waals surface area contributed by atoms with Crippen molar-refractivity contribution in [1.82, 2.24) is 0 Å². The summed E-state index contributed by atoms with van der Waals surface area (Å²) in [4.78, 5) is 0. The summed E-state index contributed by atoms with van der Waals surface area (Å²) in [6, 6.07) is 0.953. The van der Waals surface area contributed by atoms with Gasteiger partial charge in [0.25, 0.3) is 0 Å². The van der Waals surface area contributed by atoms with Crippen molar-refractivity contribution in [2.45, 2.75) is 64.0 Å². The van der Waals surface area contributed by atoms with Crippen molar-refractivity contribution in [2.75, 3.05) is 40.3 Å². The minimum Gasteiger partial charge on any atom is -0.377 e. The van der Waals surface area contributed by atoms with Gasteiger partial charge >= 0.3 is 8.80 Å². The van der Waals surface area contributed by atoms with Crippen LogP contribution in [0.3, 0.4) is 0 Å². The monoisotopic (exact) mass is 398 g/mol. The molecule has 140 valence electrons. The van der Waals surface area contributed by atoms with Crippen LogP contribution in [0.15, 0.2) is 0 Å². The molecule has 2 unspecified atom stereocenters. The first-order valence-corrected chi connectivity index (χ1v) is 18.8. The predicted molar refractivity (Wildman–Crippen MR) is 114 cm³/mol. The van der Waals surface area contributed by atoms with E-state index in [-0.39, 0.29) is 7.92 Å². The van der Waals surface area contributed by atoms with Gasteiger partial charge in [-0.1, -0.05) is 26.6 Å². The Morgan fingerprint density at radius 1 is 1.04 bits per heavy atom. The van der Waals surface area contributed by atoms with Crippen LogP contribution < -0.4 is 0 Å². The lowest BCUT2D eigenvalue weighted by atomic mass is 10.2. The fraction of sp³-hybridized carbons (Fsp3) is 1.00. The van der Waals surface area contributed by atoms with Crippen LogP contribution >= 0.6 is 16.1 Å². The third-order valence-corrected chi connectivity index (χ3v) is 13.7. The van der Waals surface area contributed by atoms with Gasteiger partial charge in [0.1, 0.15) is 0 Å². The molecule has 0 aromatic heterocycles. The van der Waals surface area contributed by atoms with Gasteiger partial charge in [0.2, 0.25) is 0 Å². The molecule has 3 nitrogen and oxygen atoms in total. The number of rotatable bonds is 14. The van der Waals surface area contributed by atoms with Gasteiger partial charge in [0.05, 0.1) is 7.74 Å². The van der Waals surface area contributed by atoms with E-state index in [0.29, 0.717) is 0 Å². The van der Waals surface area contributed by atoms with Gasteiger partial charge in [-0.3, -0.25) is 0 Å². The molecule has 0 fully saturated rings. The van der Waals surface area contributed by atoms with Crippen LogP contribution in [-0.4, -0.2) is 62.5 Å². The molecule has 0 rings (SSSR count). The topological polar surface area (TPSA) is 27.7 Å². The van der Waals surface area contributed by atoms with Gasteiger partial charge in [-0.05, 0) is 50.8 Å². The Bertz CT molecular complexity index is 296. The summed E-state index contributed by atoms with van der Waals surface area (Å²) in [5.41, 5.74) is 0.884. The van der Waals surface area contributed by atoms with Crippen LogP contribution in [0.1, 0.15) is 32.6 Å². The van der Waals surface area contributed by atoms with Crippen molar-refractivity contribution in [3.8, 4) is 0 Å². The zero-order chi connectivity index (χ0) is 17.9. The lowest BCUT2D eigenvalue weighted by molar-refractivity contribution is 0.0963. The average Bonchev–Trinajstić information content (AvgIpc) is 2.47. The molecule has 0 aliphatic rings. The molecule has 0 saturated heterocycles. The molecule has 0 amide bonds. The highest BCUT2D eigenvalue weighted by molar-refractivity contribution is 7.81. The van der Waals surface area contributed by atoms with E-state index < -0.39 is 16.5 Å². The van der Waals surface area contributed by atoms with Crippen LogP contribution in [-0.2, 0) is 13.3 Å². The molecule has 0 aromatic rings. The second-order valence-corrected chi connectivity index (χ2v) is 24.0. The fourth-order valence-electron chi connectivity index (χ4n) is 2.64. The SMILES string of the molecule is CCC(CCCO[Si](CCCP(C)C)(OC)OC)P[Si](C)(C)C. The van der Waals surface area contributed by atoms with Crippen LogP contribution in [0.25, 0.3) is 0 Å². The summed E-state index contributed by atoms with van der Waals surface area (Å²) in [5.74, 6) is 0. The summed E-state index contributed by atoms with van der Waals surface area (Å²) in [6.07, 6.45) is 6.14. The van der Waals surface area contributed by atoms with Crippen LogP contribution in [0.5, 0.6) is 0 Å². The third-order valence-electron chi connectivity index (χ3n) is 3.86. The standard InChI is InChI=1S/C16H40O3P2Si2/c1-9-16(20-22(6,7)8)12-10-13-19-23(17-2,18-3)15-11-14-21(4)5/h16,20H,9-15H2,1-8H3. The summed E-state index contributed by atoms with van der Waals surface area (Å²) in [7, 11) is 1.46. The highest BCUT2D eigenvalue weighted by Gasteiger charge is 2.38. The van der Waals surface area contributed by atoms with Gasteiger partial charge in [0.15, 0.2) is 0 Å². The second kappa shape index (κ2) is 12.5. The van der Waals surface area contributed by atoms with E-state index >= 15 is 0 Å². The van der Waals surface area contributed by atoms with Crippen molar-refractivity contribution >= 4 is 32.6 Å². The Labute approximate surface area is 150 Å². The van der Waals surface area contributed by atoms with E-state index in [1.165, 1.54) is 19.0 Å². The van der Waals surface area contributed by atoms with Crippen LogP contribution in [0.2, 0.25) is 25.7 Å². The van der Waals surface area contributed by atoms with Gasteiger partial charge in [-0.2, -0.15) is 0 Å². The molecule has 0 aromatic carbocycles. The molecule has 23 heavy (non-hydrogen) atoms. The summed E-state index contributed by atoms with van der Waals surface area (Å²) < 4.78 is 17.5. The first-order valence-electron chi connectivity index (χ1n) is 8.84. The zero-order valence-corrected chi connectivity index (χ0v) is 20.6. The third kappa shape index (κ3) is 12.2. The molecule has 0 bridgehead atoms. The van der Waals surface area contributed by atoms with E-state index in [4.69, 9.17) is 13.3 Å². The minimum atomic E-state index is -2.42. The minimum absolute atomic E-state index is 0.156. The lowest BCUT2D eigenvalue weighted by Crippen LogP contribution is -2.44. The molecule has 0 spiro atoms. The van der Waals surface area contributed by atoms with Gasteiger partial charge in [-0.25, -0.2) is 0 Å². The zero-order valence-electron chi connectivity index (χ0n) is 16.7. The number of hydrogen-bond acceptors (Lipinski definition) is 3. The van der Waals surface area contributed by atoms with Crippen molar-refractivity contribution in [1.29, 1.82) is 0 Å². The van der Waals surface area contributed by atoms with Crippen molar-refractivity contribution < 1.29 is 13.3 Å². The maximum absolute atomic E-state index is 6.15. The van der Waals surface area contributed by atoms with Crippen molar-refractivity contribution in [3.05, 3.63) is 0 Å². The largest absolute Gasteiger partial charge is 0.500 e. The molecule has 0 N–H and O–H groups in total. The summed E-state index contributed by atoms with van der Waals surface area (Å²) in [5, 5.41) is 0. The Morgan fingerprint density at radius 3 is 2.09 bits per heavy atom. The fourth-order valence-corrected chi connectivity index (χ4v) is 12.2. The van der Waals surface area contributed by atoms with Crippen molar-refractivity contribution in [3.63, 3.8) is 0 Å². The van der Waals surface area contributed by atoms with Crippen molar-refractivity contribution in [2.24, 2.45) is 0 Å². The highest BCUT2D eigenvalue weighted by atomic mass is 31.3. The maximum Gasteiger partial charge on any atom is 0.500 e. The quantitative estimate of drug-likeness (QED) is 0.222. The van der Waals surface area contributed by atoms with E-state index in [1.807, 2.05) is 0 Å².